The number of hydrogen-bond acceptors (Lipinski definition) is 6. The largest absolute Gasteiger partial charge is 0.362 e. The lowest BCUT2D eigenvalue weighted by Crippen LogP contribution is -2.44. The predicted octanol–water partition coefficient (Wildman–Crippen LogP) is 1.32. The Morgan fingerprint density at radius 1 is 1.43 bits per heavy atom. The molecule has 1 fully saturated rings. The maximum absolute atomic E-state index is 11.8. The van der Waals surface area contributed by atoms with Gasteiger partial charge < -0.3 is 10.6 Å². The fourth-order valence-corrected chi connectivity index (χ4v) is 3.64. The van der Waals surface area contributed by atoms with Crippen LogP contribution in [0, 0.1) is 10.1 Å². The molecule has 116 valence electrons. The van der Waals surface area contributed by atoms with Crippen molar-refractivity contribution in [3.63, 3.8) is 0 Å². The number of hydrogen-bond donors (Lipinski definition) is 1. The summed E-state index contributed by atoms with van der Waals surface area (Å²) in [6.07, 6.45) is 3.78. The van der Waals surface area contributed by atoms with E-state index in [4.69, 9.17) is 5.73 Å². The molecule has 1 unspecified atom stereocenters. The number of nitrogens with two attached hydrogens (primary N) is 1. The molecule has 1 aliphatic rings. The molecule has 1 saturated heterocycles. The number of para-hydroxylation sites is 1. The van der Waals surface area contributed by atoms with E-state index in [1.54, 1.807) is 12.1 Å². The Morgan fingerprint density at radius 2 is 2.14 bits per heavy atom. The van der Waals surface area contributed by atoms with Crippen molar-refractivity contribution in [2.24, 2.45) is 5.73 Å². The van der Waals surface area contributed by atoms with E-state index in [0.717, 1.165) is 25.5 Å². The van der Waals surface area contributed by atoms with Gasteiger partial charge in [-0.1, -0.05) is 6.07 Å². The van der Waals surface area contributed by atoms with Gasteiger partial charge >= 0.3 is 5.69 Å². The Bertz CT molecular complexity index is 645. The van der Waals surface area contributed by atoms with E-state index in [1.165, 1.54) is 6.07 Å². The van der Waals surface area contributed by atoms with E-state index in [9.17, 15) is 18.5 Å². The van der Waals surface area contributed by atoms with Gasteiger partial charge in [0.25, 0.3) is 0 Å². The van der Waals surface area contributed by atoms with Gasteiger partial charge in [-0.2, -0.15) is 0 Å². The Morgan fingerprint density at radius 3 is 2.71 bits per heavy atom. The molecule has 1 aliphatic heterocycles. The van der Waals surface area contributed by atoms with E-state index >= 15 is 0 Å². The first-order valence-electron chi connectivity index (χ1n) is 6.80. The molecule has 1 heterocycles. The maximum atomic E-state index is 11.8. The monoisotopic (exact) mass is 313 g/mol. The van der Waals surface area contributed by atoms with Crippen LogP contribution >= 0.6 is 0 Å². The van der Waals surface area contributed by atoms with Crippen molar-refractivity contribution in [2.75, 3.05) is 24.2 Å². The second-order valence-electron chi connectivity index (χ2n) is 5.23. The van der Waals surface area contributed by atoms with E-state index in [-0.39, 0.29) is 16.6 Å². The van der Waals surface area contributed by atoms with Crippen molar-refractivity contribution in [1.82, 2.24) is 0 Å². The van der Waals surface area contributed by atoms with Crippen LogP contribution in [0.15, 0.2) is 23.1 Å². The zero-order valence-electron chi connectivity index (χ0n) is 11.9. The van der Waals surface area contributed by atoms with E-state index in [2.05, 4.69) is 0 Å². The highest BCUT2D eigenvalue weighted by Gasteiger charge is 2.32. The molecule has 8 heteroatoms. The van der Waals surface area contributed by atoms with Crippen LogP contribution in [0.25, 0.3) is 0 Å². The highest BCUT2D eigenvalue weighted by atomic mass is 32.2. The molecule has 1 aromatic carbocycles. The van der Waals surface area contributed by atoms with Crippen LogP contribution in [0.1, 0.15) is 19.3 Å². The van der Waals surface area contributed by atoms with Crippen molar-refractivity contribution >= 4 is 21.2 Å². The van der Waals surface area contributed by atoms with Crippen LogP contribution in [0.2, 0.25) is 0 Å². The lowest BCUT2D eigenvalue weighted by molar-refractivity contribution is -0.387. The van der Waals surface area contributed by atoms with Crippen molar-refractivity contribution < 1.29 is 13.3 Å². The molecule has 2 rings (SSSR count). The van der Waals surface area contributed by atoms with Crippen LogP contribution in [-0.2, 0) is 9.84 Å². The van der Waals surface area contributed by atoms with Gasteiger partial charge in [0.15, 0.2) is 9.84 Å². The minimum absolute atomic E-state index is 0.00672. The fourth-order valence-electron chi connectivity index (χ4n) is 2.79. The molecular weight excluding hydrogens is 294 g/mol. The number of nitro benzene ring substituents is 1. The molecule has 0 bridgehead atoms. The maximum Gasteiger partial charge on any atom is 0.311 e. The average molecular weight is 313 g/mol. The van der Waals surface area contributed by atoms with Crippen molar-refractivity contribution in [3.8, 4) is 0 Å². The standard InChI is InChI=1S/C13H19N3O4S/c1-21(19,20)12-7-4-6-11(13(12)16(17)18)15-8-3-2-5-10(15)9-14/h4,6-7,10H,2-3,5,8-9,14H2,1H3. The van der Waals surface area contributed by atoms with E-state index < -0.39 is 14.8 Å². The molecular formula is C13H19N3O4S. The van der Waals surface area contributed by atoms with E-state index in [0.29, 0.717) is 18.8 Å². The van der Waals surface area contributed by atoms with Gasteiger partial charge in [-0.3, -0.25) is 10.1 Å². The molecule has 0 spiro atoms. The molecule has 0 aromatic heterocycles. The SMILES string of the molecule is CS(=O)(=O)c1cccc(N2CCCCC2CN)c1[N+](=O)[O-]. The number of sulfone groups is 1. The Balaban J connectivity index is 2.60. The molecule has 0 radical (unpaired) electrons. The lowest BCUT2D eigenvalue weighted by atomic mass is 10.0. The van der Waals surface area contributed by atoms with Gasteiger partial charge in [0, 0.05) is 25.4 Å². The molecule has 21 heavy (non-hydrogen) atoms. The highest BCUT2D eigenvalue weighted by Crippen LogP contribution is 2.37. The summed E-state index contributed by atoms with van der Waals surface area (Å²) in [6.45, 7) is 1.04. The van der Waals surface area contributed by atoms with Crippen molar-refractivity contribution in [2.45, 2.75) is 30.2 Å². The predicted molar refractivity (Wildman–Crippen MR) is 80.2 cm³/mol. The summed E-state index contributed by atoms with van der Waals surface area (Å²) in [4.78, 5) is 12.4. The smallest absolute Gasteiger partial charge is 0.311 e. The first-order chi connectivity index (χ1) is 9.86. The Hall–Kier alpha value is -1.67. The summed E-state index contributed by atoms with van der Waals surface area (Å²) in [6, 6.07) is 4.42. The molecule has 2 N–H and O–H groups in total. The third kappa shape index (κ3) is 3.16. The molecule has 0 aliphatic carbocycles. The summed E-state index contributed by atoms with van der Waals surface area (Å²) in [5.74, 6) is 0. The zero-order valence-corrected chi connectivity index (χ0v) is 12.7. The first-order valence-corrected chi connectivity index (χ1v) is 8.69. The highest BCUT2D eigenvalue weighted by molar-refractivity contribution is 7.90. The Labute approximate surface area is 123 Å². The summed E-state index contributed by atoms with van der Waals surface area (Å²) < 4.78 is 23.6. The van der Waals surface area contributed by atoms with Crippen LogP contribution in [-0.4, -0.2) is 38.7 Å². The van der Waals surface area contributed by atoms with Gasteiger partial charge in [-0.25, -0.2) is 8.42 Å². The molecule has 1 aromatic rings. The molecule has 0 amide bonds. The number of nitrogens with zero attached hydrogens (tertiary/aromatic N) is 2. The number of anilines is 1. The summed E-state index contributed by atoms with van der Waals surface area (Å²) in [5.41, 5.74) is 5.75. The van der Waals surface area contributed by atoms with Crippen LogP contribution < -0.4 is 10.6 Å². The second-order valence-corrected chi connectivity index (χ2v) is 7.22. The van der Waals surface area contributed by atoms with E-state index in [1.807, 2.05) is 4.90 Å². The minimum Gasteiger partial charge on any atom is -0.362 e. The zero-order chi connectivity index (χ0) is 15.6. The van der Waals surface area contributed by atoms with Crippen LogP contribution in [0.4, 0.5) is 11.4 Å². The van der Waals surface area contributed by atoms with Crippen LogP contribution in [0.5, 0.6) is 0 Å². The summed E-state index contributed by atoms with van der Waals surface area (Å²) in [5, 5.41) is 11.4. The summed E-state index contributed by atoms with van der Waals surface area (Å²) >= 11 is 0. The van der Waals surface area contributed by atoms with Gasteiger partial charge in [-0.15, -0.1) is 0 Å². The number of piperidine rings is 1. The third-order valence-electron chi connectivity index (χ3n) is 3.77. The first kappa shape index (κ1) is 15.7. The molecule has 0 saturated carbocycles. The lowest BCUT2D eigenvalue weighted by Gasteiger charge is -2.36. The van der Waals surface area contributed by atoms with Gasteiger partial charge in [-0.05, 0) is 31.4 Å². The minimum atomic E-state index is -3.66. The van der Waals surface area contributed by atoms with Crippen molar-refractivity contribution in [3.05, 3.63) is 28.3 Å². The topological polar surface area (TPSA) is 107 Å². The quantitative estimate of drug-likeness (QED) is 0.663. The third-order valence-corrected chi connectivity index (χ3v) is 4.90. The normalized spacial score (nSPS) is 19.5. The molecule has 1 atom stereocenters. The number of benzene rings is 1. The number of rotatable bonds is 4. The average Bonchev–Trinajstić information content (AvgIpc) is 2.45. The second kappa shape index (κ2) is 5.98. The van der Waals surface area contributed by atoms with Gasteiger partial charge in [0.05, 0.1) is 4.92 Å². The summed E-state index contributed by atoms with van der Waals surface area (Å²) in [7, 11) is -3.66. The van der Waals surface area contributed by atoms with Gasteiger partial charge in [0.1, 0.15) is 10.6 Å². The molecule has 7 nitrogen and oxygen atoms in total. The van der Waals surface area contributed by atoms with Crippen molar-refractivity contribution in [1.29, 1.82) is 0 Å². The fraction of sp³-hybridized carbons (Fsp3) is 0.538. The Kier molecular flexibility index (Phi) is 4.48. The number of nitro groups is 1. The van der Waals surface area contributed by atoms with Gasteiger partial charge in [0.2, 0.25) is 0 Å². The van der Waals surface area contributed by atoms with Crippen LogP contribution in [0.3, 0.4) is 0 Å².